The van der Waals surface area contributed by atoms with Crippen LogP contribution < -0.4 is 14.2 Å². The Morgan fingerprint density at radius 3 is 2.00 bits per heavy atom. The van der Waals surface area contributed by atoms with Crippen LogP contribution in [0.1, 0.15) is 47.1 Å². The summed E-state index contributed by atoms with van der Waals surface area (Å²) in [7, 11) is 0. The van der Waals surface area contributed by atoms with E-state index in [1.165, 1.54) is 0 Å². The van der Waals surface area contributed by atoms with Gasteiger partial charge in [0.05, 0.1) is 6.07 Å². The van der Waals surface area contributed by atoms with Crippen LogP contribution in [-0.2, 0) is 13.2 Å². The van der Waals surface area contributed by atoms with Gasteiger partial charge >= 0.3 is 0 Å². The summed E-state index contributed by atoms with van der Waals surface area (Å²) in [5, 5.41) is 9.74. The summed E-state index contributed by atoms with van der Waals surface area (Å²) >= 11 is 0. The Kier molecular flexibility index (Phi) is 6.52. The molecule has 0 saturated heterocycles. The molecule has 1 saturated carbocycles. The highest BCUT2D eigenvalue weighted by Gasteiger charge is 2.45. The molecule has 2 aliphatic rings. The van der Waals surface area contributed by atoms with Crippen molar-refractivity contribution in [3.63, 3.8) is 0 Å². The van der Waals surface area contributed by atoms with Crippen molar-refractivity contribution in [1.29, 1.82) is 5.26 Å². The Morgan fingerprint density at radius 1 is 0.730 bits per heavy atom. The van der Waals surface area contributed by atoms with Crippen LogP contribution in [0, 0.1) is 23.2 Å². The molecule has 1 fully saturated rings. The van der Waals surface area contributed by atoms with Crippen molar-refractivity contribution in [2.24, 2.45) is 11.8 Å². The Bertz CT molecular complexity index is 1380. The van der Waals surface area contributed by atoms with Crippen molar-refractivity contribution in [2.75, 3.05) is 0 Å². The first kappa shape index (κ1) is 23.2. The second-order valence-electron chi connectivity index (χ2n) is 9.92. The highest BCUT2D eigenvalue weighted by Crippen LogP contribution is 2.56. The van der Waals surface area contributed by atoms with Crippen molar-refractivity contribution in [2.45, 2.75) is 38.1 Å². The zero-order chi connectivity index (χ0) is 25.0. The van der Waals surface area contributed by atoms with Gasteiger partial charge in [0.2, 0.25) is 0 Å². The van der Waals surface area contributed by atoms with E-state index >= 15 is 0 Å². The van der Waals surface area contributed by atoms with Crippen LogP contribution >= 0.6 is 0 Å². The summed E-state index contributed by atoms with van der Waals surface area (Å²) in [6.07, 6.45) is 1.61. The maximum atomic E-state index is 9.74. The summed E-state index contributed by atoms with van der Waals surface area (Å²) < 4.78 is 18.7. The molecule has 0 spiro atoms. The molecule has 4 aromatic carbocycles. The molecule has 1 aliphatic carbocycles. The van der Waals surface area contributed by atoms with Crippen LogP contribution in [-0.4, -0.2) is 0 Å². The Balaban J connectivity index is 1.20. The molecule has 37 heavy (non-hydrogen) atoms. The van der Waals surface area contributed by atoms with E-state index < -0.39 is 0 Å². The van der Waals surface area contributed by atoms with E-state index in [2.05, 4.69) is 48.5 Å². The number of hydrogen-bond donors (Lipinski definition) is 0. The van der Waals surface area contributed by atoms with E-state index in [-0.39, 0.29) is 23.9 Å². The highest BCUT2D eigenvalue weighted by molar-refractivity contribution is 5.47. The van der Waals surface area contributed by atoms with Gasteiger partial charge < -0.3 is 14.2 Å². The van der Waals surface area contributed by atoms with Gasteiger partial charge in [0.1, 0.15) is 36.6 Å². The zero-order valence-electron chi connectivity index (χ0n) is 20.6. The molecule has 4 nitrogen and oxygen atoms in total. The average molecular weight is 488 g/mol. The minimum atomic E-state index is -0.0879. The third-order valence-electron chi connectivity index (χ3n) is 7.52. The minimum absolute atomic E-state index is 0.0365. The van der Waals surface area contributed by atoms with Gasteiger partial charge in [-0.25, -0.2) is 0 Å². The number of nitriles is 1. The molecular formula is C33H29NO3. The lowest BCUT2D eigenvalue weighted by molar-refractivity contribution is 0.103. The van der Waals surface area contributed by atoms with Crippen LogP contribution in [0.4, 0.5) is 0 Å². The molecule has 0 N–H and O–H groups in total. The van der Waals surface area contributed by atoms with Crippen LogP contribution in [0.15, 0.2) is 103 Å². The molecule has 0 unspecified atom stereocenters. The maximum Gasteiger partial charge on any atom is 0.127 e. The molecule has 1 heterocycles. The van der Waals surface area contributed by atoms with Gasteiger partial charge in [0, 0.05) is 17.4 Å². The summed E-state index contributed by atoms with van der Waals surface area (Å²) in [6, 6.07) is 37.2. The Hall–Kier alpha value is -4.23. The topological polar surface area (TPSA) is 51.5 Å². The molecule has 1 aliphatic heterocycles. The SMILES string of the molecule is N#C[C@H]1C[C@H]2[C@@H](C1)c1cc(OCc3ccccc3)ccc1O[C@H]2c1ccc(OCc2ccccc2)cc1. The van der Waals surface area contributed by atoms with Gasteiger partial charge in [0.15, 0.2) is 0 Å². The molecule has 4 heteroatoms. The number of rotatable bonds is 7. The molecular weight excluding hydrogens is 458 g/mol. The third-order valence-corrected chi connectivity index (χ3v) is 7.52. The molecule has 4 atom stereocenters. The maximum absolute atomic E-state index is 9.74. The quantitative estimate of drug-likeness (QED) is 0.269. The number of fused-ring (bicyclic) bond motifs is 3. The third kappa shape index (κ3) is 5.04. The van der Waals surface area contributed by atoms with Crippen LogP contribution in [0.5, 0.6) is 17.2 Å². The minimum Gasteiger partial charge on any atom is -0.489 e. The standard InChI is InChI=1S/C33H29NO3/c34-20-25-17-29-30-19-28(36-22-24-9-5-2-6-10-24)15-16-32(30)37-33(31(29)18-25)26-11-13-27(14-12-26)35-21-23-7-3-1-4-8-23/h1-16,19,25,29,31,33H,17-18,21-22H2/t25-,29+,31+,33+/m1/s1. The van der Waals surface area contributed by atoms with E-state index in [4.69, 9.17) is 14.2 Å². The van der Waals surface area contributed by atoms with Crippen LogP contribution in [0.2, 0.25) is 0 Å². The zero-order valence-corrected chi connectivity index (χ0v) is 20.6. The first-order chi connectivity index (χ1) is 18.3. The van der Waals surface area contributed by atoms with E-state index in [9.17, 15) is 5.26 Å². The predicted octanol–water partition coefficient (Wildman–Crippen LogP) is 7.61. The Morgan fingerprint density at radius 2 is 1.35 bits per heavy atom. The largest absolute Gasteiger partial charge is 0.489 e. The lowest BCUT2D eigenvalue weighted by Crippen LogP contribution is -2.26. The lowest BCUT2D eigenvalue weighted by Gasteiger charge is -2.36. The fourth-order valence-electron chi connectivity index (χ4n) is 5.66. The van der Waals surface area contributed by atoms with E-state index in [1.54, 1.807) is 0 Å². The molecule has 0 aromatic heterocycles. The van der Waals surface area contributed by atoms with Gasteiger partial charge in [-0.1, -0.05) is 72.8 Å². The van der Waals surface area contributed by atoms with Gasteiger partial charge in [-0.05, 0) is 65.8 Å². The first-order valence-electron chi connectivity index (χ1n) is 12.9. The van der Waals surface area contributed by atoms with E-state index in [1.807, 2.05) is 60.7 Å². The van der Waals surface area contributed by atoms with Gasteiger partial charge in [0.25, 0.3) is 0 Å². The van der Waals surface area contributed by atoms with Crippen molar-refractivity contribution < 1.29 is 14.2 Å². The molecule has 6 rings (SSSR count). The average Bonchev–Trinajstić information content (AvgIpc) is 3.41. The highest BCUT2D eigenvalue weighted by atomic mass is 16.5. The summed E-state index contributed by atoms with van der Waals surface area (Å²) in [6.45, 7) is 1.06. The molecule has 0 bridgehead atoms. The second kappa shape index (κ2) is 10.4. The number of nitrogens with zero attached hydrogens (tertiary/aromatic N) is 1. The second-order valence-corrected chi connectivity index (χ2v) is 9.92. The van der Waals surface area contributed by atoms with E-state index in [0.717, 1.165) is 52.3 Å². The van der Waals surface area contributed by atoms with Crippen molar-refractivity contribution in [3.05, 3.63) is 125 Å². The van der Waals surface area contributed by atoms with Crippen LogP contribution in [0.3, 0.4) is 0 Å². The molecule has 0 amide bonds. The van der Waals surface area contributed by atoms with Gasteiger partial charge in [-0.15, -0.1) is 0 Å². The van der Waals surface area contributed by atoms with Crippen molar-refractivity contribution in [3.8, 4) is 23.3 Å². The number of hydrogen-bond acceptors (Lipinski definition) is 4. The molecule has 0 radical (unpaired) electrons. The summed E-state index contributed by atoms with van der Waals surface area (Å²) in [4.78, 5) is 0. The number of ether oxygens (including phenoxy) is 3. The van der Waals surface area contributed by atoms with Gasteiger partial charge in [-0.3, -0.25) is 0 Å². The number of benzene rings is 4. The smallest absolute Gasteiger partial charge is 0.127 e. The fraction of sp³-hybridized carbons (Fsp3) is 0.242. The summed E-state index contributed by atoms with van der Waals surface area (Å²) in [5.41, 5.74) is 4.56. The summed E-state index contributed by atoms with van der Waals surface area (Å²) in [5.74, 6) is 3.12. The predicted molar refractivity (Wildman–Crippen MR) is 142 cm³/mol. The van der Waals surface area contributed by atoms with Crippen LogP contribution in [0.25, 0.3) is 0 Å². The van der Waals surface area contributed by atoms with Crippen molar-refractivity contribution >= 4 is 0 Å². The fourth-order valence-corrected chi connectivity index (χ4v) is 5.66. The first-order valence-corrected chi connectivity index (χ1v) is 12.9. The normalized spacial score (nSPS) is 21.7. The van der Waals surface area contributed by atoms with E-state index in [0.29, 0.717) is 13.2 Å². The Labute approximate surface area is 218 Å². The van der Waals surface area contributed by atoms with Crippen molar-refractivity contribution in [1.82, 2.24) is 0 Å². The molecule has 184 valence electrons. The molecule has 4 aromatic rings. The lowest BCUT2D eigenvalue weighted by atomic mass is 9.80. The monoisotopic (exact) mass is 487 g/mol. The van der Waals surface area contributed by atoms with Gasteiger partial charge in [-0.2, -0.15) is 5.26 Å².